The Morgan fingerprint density at radius 2 is 1.69 bits per heavy atom. The summed E-state index contributed by atoms with van der Waals surface area (Å²) in [6.07, 6.45) is 7.73. The molecule has 1 amide bonds. The highest BCUT2D eigenvalue weighted by Crippen LogP contribution is 2.17. The number of sulfone groups is 1. The highest BCUT2D eigenvalue weighted by molar-refractivity contribution is 7.92. The Labute approximate surface area is 97.7 Å². The number of amides is 1. The third kappa shape index (κ3) is 4.12. The molecule has 0 aromatic heterocycles. The molecule has 0 saturated heterocycles. The van der Waals surface area contributed by atoms with Crippen molar-refractivity contribution in [3.05, 3.63) is 0 Å². The van der Waals surface area contributed by atoms with Gasteiger partial charge in [0.05, 0.1) is 0 Å². The molecule has 0 aliphatic heterocycles. The number of hydrogen-bond acceptors (Lipinski definition) is 3. The minimum Gasteiger partial charge on any atom is -0.352 e. The maximum Gasteiger partial charge on any atom is 0.238 e. The molecule has 1 saturated carbocycles. The molecule has 0 aromatic carbocycles. The minimum atomic E-state index is -3.27. The van der Waals surface area contributed by atoms with E-state index >= 15 is 0 Å². The van der Waals surface area contributed by atoms with Gasteiger partial charge in [-0.2, -0.15) is 0 Å². The Bertz CT molecular complexity index is 329. The van der Waals surface area contributed by atoms with Crippen molar-refractivity contribution in [2.45, 2.75) is 56.7 Å². The van der Waals surface area contributed by atoms with Crippen LogP contribution in [0.2, 0.25) is 0 Å². The van der Waals surface area contributed by atoms with Crippen LogP contribution in [0.3, 0.4) is 0 Å². The van der Waals surface area contributed by atoms with E-state index in [-0.39, 0.29) is 11.9 Å². The van der Waals surface area contributed by atoms with Gasteiger partial charge in [0, 0.05) is 12.3 Å². The average Bonchev–Trinajstić information content (AvgIpc) is 2.43. The molecule has 5 heteroatoms. The van der Waals surface area contributed by atoms with E-state index in [1.54, 1.807) is 0 Å². The fourth-order valence-electron chi connectivity index (χ4n) is 1.94. The first-order valence-electron chi connectivity index (χ1n) is 5.90. The summed E-state index contributed by atoms with van der Waals surface area (Å²) >= 11 is 0. The molecule has 0 radical (unpaired) electrons. The number of carbonyl (C=O) groups is 1. The molecule has 4 nitrogen and oxygen atoms in total. The van der Waals surface area contributed by atoms with Crippen LogP contribution in [0.1, 0.15) is 45.4 Å². The van der Waals surface area contributed by atoms with Crippen LogP contribution in [0.5, 0.6) is 0 Å². The van der Waals surface area contributed by atoms with Crippen LogP contribution in [0.25, 0.3) is 0 Å². The third-order valence-corrected chi connectivity index (χ3v) is 4.71. The quantitative estimate of drug-likeness (QED) is 0.764. The van der Waals surface area contributed by atoms with Gasteiger partial charge in [-0.3, -0.25) is 4.79 Å². The first-order valence-corrected chi connectivity index (χ1v) is 7.86. The van der Waals surface area contributed by atoms with Gasteiger partial charge in [0.25, 0.3) is 0 Å². The zero-order chi connectivity index (χ0) is 12.2. The summed E-state index contributed by atoms with van der Waals surface area (Å²) in [6.45, 7) is 1.45. The molecule has 1 aliphatic rings. The number of rotatable bonds is 3. The normalized spacial score (nSPS) is 21.1. The lowest BCUT2D eigenvalue weighted by Crippen LogP contribution is -2.42. The Morgan fingerprint density at radius 3 is 2.12 bits per heavy atom. The summed E-state index contributed by atoms with van der Waals surface area (Å²) in [5.41, 5.74) is 0. The molecule has 1 atom stereocenters. The molecule has 0 spiro atoms. The monoisotopic (exact) mass is 247 g/mol. The number of nitrogens with one attached hydrogen (secondary N) is 1. The van der Waals surface area contributed by atoms with E-state index in [9.17, 15) is 13.2 Å². The van der Waals surface area contributed by atoms with Crippen molar-refractivity contribution in [3.63, 3.8) is 0 Å². The maximum absolute atomic E-state index is 11.7. The van der Waals surface area contributed by atoms with Crippen molar-refractivity contribution in [2.24, 2.45) is 0 Å². The van der Waals surface area contributed by atoms with Gasteiger partial charge in [0.15, 0.2) is 9.84 Å². The summed E-state index contributed by atoms with van der Waals surface area (Å²) < 4.78 is 22.4. The molecule has 1 aliphatic carbocycles. The Kier molecular flexibility index (Phi) is 4.77. The SMILES string of the molecule is CC(C(=O)NC1CCCCCC1)S(C)(=O)=O. The second-order valence-corrected chi connectivity index (χ2v) is 7.03. The van der Waals surface area contributed by atoms with Crippen LogP contribution in [0.4, 0.5) is 0 Å². The van der Waals surface area contributed by atoms with E-state index in [1.165, 1.54) is 19.8 Å². The van der Waals surface area contributed by atoms with Crippen LogP contribution in [0, 0.1) is 0 Å². The fraction of sp³-hybridized carbons (Fsp3) is 0.909. The van der Waals surface area contributed by atoms with Gasteiger partial charge in [-0.25, -0.2) is 8.42 Å². The largest absolute Gasteiger partial charge is 0.352 e. The summed E-state index contributed by atoms with van der Waals surface area (Å²) in [4.78, 5) is 11.7. The maximum atomic E-state index is 11.7. The third-order valence-electron chi connectivity index (χ3n) is 3.21. The van der Waals surface area contributed by atoms with Crippen molar-refractivity contribution in [1.29, 1.82) is 0 Å². The van der Waals surface area contributed by atoms with Gasteiger partial charge in [0.2, 0.25) is 5.91 Å². The van der Waals surface area contributed by atoms with Gasteiger partial charge >= 0.3 is 0 Å². The van der Waals surface area contributed by atoms with Crippen LogP contribution in [-0.2, 0) is 14.6 Å². The molecule has 1 unspecified atom stereocenters. The van der Waals surface area contributed by atoms with E-state index in [0.717, 1.165) is 31.9 Å². The number of hydrogen-bond donors (Lipinski definition) is 1. The van der Waals surface area contributed by atoms with Crippen molar-refractivity contribution in [1.82, 2.24) is 5.32 Å². The molecule has 16 heavy (non-hydrogen) atoms. The van der Waals surface area contributed by atoms with Gasteiger partial charge in [-0.1, -0.05) is 25.7 Å². The summed E-state index contributed by atoms with van der Waals surface area (Å²) in [7, 11) is -3.27. The van der Waals surface area contributed by atoms with E-state index in [4.69, 9.17) is 0 Å². The molecule has 1 fully saturated rings. The summed E-state index contributed by atoms with van der Waals surface area (Å²) in [5.74, 6) is -0.352. The highest BCUT2D eigenvalue weighted by Gasteiger charge is 2.25. The van der Waals surface area contributed by atoms with Crippen molar-refractivity contribution >= 4 is 15.7 Å². The first kappa shape index (κ1) is 13.5. The predicted octanol–water partition coefficient (Wildman–Crippen LogP) is 1.26. The van der Waals surface area contributed by atoms with Crippen LogP contribution in [-0.4, -0.2) is 31.9 Å². The van der Waals surface area contributed by atoms with Crippen molar-refractivity contribution in [2.75, 3.05) is 6.26 Å². The van der Waals surface area contributed by atoms with Crippen molar-refractivity contribution in [3.8, 4) is 0 Å². The minimum absolute atomic E-state index is 0.166. The lowest BCUT2D eigenvalue weighted by atomic mass is 10.1. The highest BCUT2D eigenvalue weighted by atomic mass is 32.2. The molecule has 1 rings (SSSR count). The molecular formula is C11H21NO3S. The smallest absolute Gasteiger partial charge is 0.238 e. The Balaban J connectivity index is 2.50. The number of carbonyl (C=O) groups excluding carboxylic acids is 1. The van der Waals surface area contributed by atoms with Crippen molar-refractivity contribution < 1.29 is 13.2 Å². The van der Waals surface area contributed by atoms with Gasteiger partial charge in [-0.05, 0) is 19.8 Å². The second kappa shape index (κ2) is 5.66. The van der Waals surface area contributed by atoms with E-state index in [0.29, 0.717) is 0 Å². The molecule has 0 aromatic rings. The molecule has 1 N–H and O–H groups in total. The summed E-state index contributed by atoms with van der Waals surface area (Å²) in [5, 5.41) is 1.91. The van der Waals surface area contributed by atoms with E-state index in [1.807, 2.05) is 0 Å². The lowest BCUT2D eigenvalue weighted by Gasteiger charge is -2.18. The van der Waals surface area contributed by atoms with Crippen LogP contribution in [0.15, 0.2) is 0 Å². The molecule has 0 heterocycles. The van der Waals surface area contributed by atoms with Crippen LogP contribution >= 0.6 is 0 Å². The van der Waals surface area contributed by atoms with Gasteiger partial charge in [0.1, 0.15) is 5.25 Å². The van der Waals surface area contributed by atoms with Gasteiger partial charge < -0.3 is 5.32 Å². The van der Waals surface area contributed by atoms with E-state index in [2.05, 4.69) is 5.32 Å². The Hall–Kier alpha value is -0.580. The zero-order valence-corrected chi connectivity index (χ0v) is 10.8. The Morgan fingerprint density at radius 1 is 1.19 bits per heavy atom. The standard InChI is InChI=1S/C11H21NO3S/c1-9(16(2,14)15)11(13)12-10-7-5-3-4-6-8-10/h9-10H,3-8H2,1-2H3,(H,12,13). The zero-order valence-electron chi connectivity index (χ0n) is 10.0. The lowest BCUT2D eigenvalue weighted by molar-refractivity contribution is -0.121. The first-order chi connectivity index (χ1) is 7.41. The van der Waals surface area contributed by atoms with Crippen LogP contribution < -0.4 is 5.32 Å². The molecule has 0 bridgehead atoms. The second-order valence-electron chi connectivity index (χ2n) is 4.67. The predicted molar refractivity (Wildman–Crippen MR) is 63.9 cm³/mol. The molecular weight excluding hydrogens is 226 g/mol. The van der Waals surface area contributed by atoms with E-state index < -0.39 is 15.1 Å². The fourth-order valence-corrected chi connectivity index (χ4v) is 2.39. The van der Waals surface area contributed by atoms with Gasteiger partial charge in [-0.15, -0.1) is 0 Å². The summed E-state index contributed by atoms with van der Waals surface area (Å²) in [6, 6.07) is 0.166. The average molecular weight is 247 g/mol. The topological polar surface area (TPSA) is 63.2 Å². The molecule has 94 valence electrons.